The largest absolute Gasteiger partial charge is 0.461 e. The molecule has 7 heteroatoms. The molecule has 0 aromatic rings. The first-order chi connectivity index (χ1) is 13.4. The Morgan fingerprint density at radius 2 is 1.86 bits per heavy atom. The van der Waals surface area contributed by atoms with E-state index in [2.05, 4.69) is 6.58 Å². The lowest BCUT2D eigenvalue weighted by molar-refractivity contribution is -0.148. The Balaban J connectivity index is 1.66. The molecule has 0 amide bonds. The second kappa shape index (κ2) is 7.20. The first-order valence-corrected chi connectivity index (χ1v) is 9.64. The van der Waals surface area contributed by atoms with Crippen LogP contribution < -0.4 is 0 Å². The van der Waals surface area contributed by atoms with Crippen LogP contribution in [0.15, 0.2) is 36.0 Å². The number of esters is 3. The first-order valence-electron chi connectivity index (χ1n) is 9.64. The highest BCUT2D eigenvalue weighted by Gasteiger charge is 2.62. The highest BCUT2D eigenvalue weighted by Crippen LogP contribution is 2.50. The minimum Gasteiger partial charge on any atom is -0.461 e. The number of epoxide rings is 1. The molecule has 0 spiro atoms. The molecule has 0 saturated carbocycles. The fraction of sp³-hybridized carbons (Fsp3) is 0.571. The molecule has 0 unspecified atom stereocenters. The van der Waals surface area contributed by atoms with Crippen molar-refractivity contribution in [2.45, 2.75) is 62.9 Å². The smallest absolute Gasteiger partial charge is 0.334 e. The molecule has 2 fully saturated rings. The lowest BCUT2D eigenvalue weighted by Crippen LogP contribution is -2.34. The third kappa shape index (κ3) is 3.63. The number of cyclic esters (lactones) is 1. The van der Waals surface area contributed by atoms with E-state index >= 15 is 0 Å². The summed E-state index contributed by atoms with van der Waals surface area (Å²) < 4.78 is 22.5. The standard InChI is InChI=1S/C21H24O7/c1-12-14-10-15-13(11-25-16(22)7-3-4-8-17(23)26-15)6-5-9-21(2)19(28-21)18(14)27-20(12)24/h3-4,6,14-15,18-19H,1,5,7-11H2,2H3/b4-3-,13-6?/t14-,15-,18-,19+,21+/m0/s1. The van der Waals surface area contributed by atoms with Crippen molar-refractivity contribution < 1.29 is 33.3 Å². The number of carbonyl (C=O) groups is 3. The van der Waals surface area contributed by atoms with Gasteiger partial charge < -0.3 is 18.9 Å². The Labute approximate surface area is 163 Å². The summed E-state index contributed by atoms with van der Waals surface area (Å²) in [4.78, 5) is 36.4. The quantitative estimate of drug-likeness (QED) is 0.206. The molecular weight excluding hydrogens is 364 g/mol. The van der Waals surface area contributed by atoms with Crippen LogP contribution in [0.5, 0.6) is 0 Å². The van der Waals surface area contributed by atoms with Crippen LogP contribution >= 0.6 is 0 Å². The fourth-order valence-corrected chi connectivity index (χ4v) is 4.17. The van der Waals surface area contributed by atoms with Gasteiger partial charge in [-0.15, -0.1) is 0 Å². The number of hydrogen-bond donors (Lipinski definition) is 0. The van der Waals surface area contributed by atoms with Crippen molar-refractivity contribution in [3.8, 4) is 0 Å². The van der Waals surface area contributed by atoms with Gasteiger partial charge in [0.05, 0.1) is 18.4 Å². The maximum Gasteiger partial charge on any atom is 0.334 e. The molecule has 4 aliphatic rings. The average molecular weight is 388 g/mol. The summed E-state index contributed by atoms with van der Waals surface area (Å²) in [7, 11) is 0. The van der Waals surface area contributed by atoms with Gasteiger partial charge in [-0.3, -0.25) is 9.59 Å². The fourth-order valence-electron chi connectivity index (χ4n) is 4.17. The van der Waals surface area contributed by atoms with Gasteiger partial charge in [0.25, 0.3) is 0 Å². The molecule has 3 heterocycles. The minimum absolute atomic E-state index is 0.0459. The molecule has 0 aromatic carbocycles. The Bertz CT molecular complexity index is 780. The van der Waals surface area contributed by atoms with Gasteiger partial charge in [0, 0.05) is 17.1 Å². The SMILES string of the molecule is C=C1C(=O)O[C@@H]2[C@H]3O[C@]3(C)CCC=C3COC(=O)C/C=C\CC(=O)O[C@H]3C[C@@H]12. The Kier molecular flexibility index (Phi) is 4.87. The van der Waals surface area contributed by atoms with E-state index in [1.807, 2.05) is 13.0 Å². The zero-order valence-electron chi connectivity index (χ0n) is 15.8. The highest BCUT2D eigenvalue weighted by atomic mass is 16.6. The highest BCUT2D eigenvalue weighted by molar-refractivity contribution is 5.91. The number of carbonyl (C=O) groups excluding carboxylic acids is 3. The lowest BCUT2D eigenvalue weighted by atomic mass is 9.82. The van der Waals surface area contributed by atoms with E-state index in [0.29, 0.717) is 18.4 Å². The molecule has 7 nitrogen and oxygen atoms in total. The van der Waals surface area contributed by atoms with Crippen LogP contribution in [-0.2, 0) is 33.3 Å². The first kappa shape index (κ1) is 18.9. The third-order valence-corrected chi connectivity index (χ3v) is 5.93. The van der Waals surface area contributed by atoms with E-state index in [9.17, 15) is 14.4 Å². The molecule has 4 rings (SSSR count). The zero-order chi connectivity index (χ0) is 19.9. The molecule has 28 heavy (non-hydrogen) atoms. The summed E-state index contributed by atoms with van der Waals surface area (Å²) >= 11 is 0. The molecule has 0 bridgehead atoms. The molecule has 3 aliphatic heterocycles. The number of allylic oxidation sites excluding steroid dienone is 1. The van der Waals surface area contributed by atoms with Gasteiger partial charge in [-0.2, -0.15) is 0 Å². The minimum atomic E-state index is -0.617. The van der Waals surface area contributed by atoms with Gasteiger partial charge in [0.2, 0.25) is 0 Å². The normalized spacial score (nSPS) is 39.7. The number of ether oxygens (including phenoxy) is 4. The van der Waals surface area contributed by atoms with Crippen LogP contribution in [-0.4, -0.2) is 48.4 Å². The van der Waals surface area contributed by atoms with Gasteiger partial charge in [-0.05, 0) is 26.2 Å². The van der Waals surface area contributed by atoms with E-state index < -0.39 is 24.1 Å². The van der Waals surface area contributed by atoms with E-state index in [4.69, 9.17) is 18.9 Å². The van der Waals surface area contributed by atoms with Crippen molar-refractivity contribution in [2.24, 2.45) is 5.92 Å². The van der Waals surface area contributed by atoms with Gasteiger partial charge in [0.15, 0.2) is 0 Å². The molecule has 0 aromatic heterocycles. The van der Waals surface area contributed by atoms with Crippen molar-refractivity contribution >= 4 is 17.9 Å². The third-order valence-electron chi connectivity index (χ3n) is 5.93. The van der Waals surface area contributed by atoms with Crippen molar-refractivity contribution in [3.05, 3.63) is 36.0 Å². The van der Waals surface area contributed by atoms with E-state index in [1.165, 1.54) is 0 Å². The number of rotatable bonds is 0. The second-order valence-electron chi connectivity index (χ2n) is 7.93. The molecule has 1 aliphatic carbocycles. The molecule has 5 atom stereocenters. The Morgan fingerprint density at radius 3 is 2.64 bits per heavy atom. The van der Waals surface area contributed by atoms with Crippen molar-refractivity contribution in [3.63, 3.8) is 0 Å². The van der Waals surface area contributed by atoms with Crippen molar-refractivity contribution in [1.29, 1.82) is 0 Å². The van der Waals surface area contributed by atoms with Crippen LogP contribution in [0.2, 0.25) is 0 Å². The maximum atomic E-state index is 12.3. The van der Waals surface area contributed by atoms with Crippen LogP contribution in [0.4, 0.5) is 0 Å². The van der Waals surface area contributed by atoms with Crippen molar-refractivity contribution in [2.75, 3.05) is 6.61 Å². The van der Waals surface area contributed by atoms with Gasteiger partial charge in [0.1, 0.15) is 24.9 Å². The van der Waals surface area contributed by atoms with E-state index in [-0.39, 0.29) is 43.0 Å². The van der Waals surface area contributed by atoms with E-state index in [0.717, 1.165) is 12.0 Å². The van der Waals surface area contributed by atoms with Crippen LogP contribution in [0.3, 0.4) is 0 Å². The zero-order valence-corrected chi connectivity index (χ0v) is 15.8. The van der Waals surface area contributed by atoms with Crippen LogP contribution in [0.25, 0.3) is 0 Å². The summed E-state index contributed by atoms with van der Waals surface area (Å²) in [5.41, 5.74) is 0.727. The molecule has 0 radical (unpaired) electrons. The molecular formula is C21H24O7. The molecule has 2 saturated heterocycles. The summed E-state index contributed by atoms with van der Waals surface area (Å²) in [6, 6.07) is 0. The van der Waals surface area contributed by atoms with Gasteiger partial charge >= 0.3 is 17.9 Å². The van der Waals surface area contributed by atoms with Gasteiger partial charge in [-0.1, -0.05) is 24.8 Å². The molecule has 150 valence electrons. The Morgan fingerprint density at radius 1 is 1.11 bits per heavy atom. The predicted molar refractivity (Wildman–Crippen MR) is 96.9 cm³/mol. The summed E-state index contributed by atoms with van der Waals surface area (Å²) in [5, 5.41) is 0. The lowest BCUT2D eigenvalue weighted by Gasteiger charge is -2.26. The van der Waals surface area contributed by atoms with Gasteiger partial charge in [-0.25, -0.2) is 4.79 Å². The topological polar surface area (TPSA) is 91.4 Å². The average Bonchev–Trinajstić information content (AvgIpc) is 3.25. The predicted octanol–water partition coefficient (Wildman–Crippen LogP) is 2.16. The Hall–Kier alpha value is -2.41. The summed E-state index contributed by atoms with van der Waals surface area (Å²) in [6.45, 7) is 5.94. The van der Waals surface area contributed by atoms with Crippen LogP contribution in [0, 0.1) is 5.92 Å². The van der Waals surface area contributed by atoms with E-state index in [1.54, 1.807) is 12.2 Å². The summed E-state index contributed by atoms with van der Waals surface area (Å²) in [6.07, 6.45) is 5.86. The summed E-state index contributed by atoms with van der Waals surface area (Å²) in [5.74, 6) is -1.51. The maximum absolute atomic E-state index is 12.3. The monoisotopic (exact) mass is 388 g/mol. The van der Waals surface area contributed by atoms with Crippen LogP contribution in [0.1, 0.15) is 39.0 Å². The number of hydrogen-bond acceptors (Lipinski definition) is 7. The molecule has 0 N–H and O–H groups in total. The second-order valence-corrected chi connectivity index (χ2v) is 7.93. The number of fused-ring (bicyclic) bond motifs is 4. The van der Waals surface area contributed by atoms with Crippen molar-refractivity contribution in [1.82, 2.24) is 0 Å².